The maximum Gasteiger partial charge on any atom is 0.387 e. The first-order valence-electron chi connectivity index (χ1n) is 9.84. The van der Waals surface area contributed by atoms with Crippen molar-refractivity contribution in [1.82, 2.24) is 15.6 Å². The number of nitrogens with zero attached hydrogens (tertiary/aromatic N) is 2. The van der Waals surface area contributed by atoms with Crippen LogP contribution in [-0.2, 0) is 11.3 Å². The molecule has 1 aromatic carbocycles. The van der Waals surface area contributed by atoms with E-state index in [-0.39, 0.29) is 29.5 Å². The molecule has 0 spiro atoms. The van der Waals surface area contributed by atoms with Crippen LogP contribution in [0.3, 0.4) is 0 Å². The van der Waals surface area contributed by atoms with Crippen LogP contribution in [0.1, 0.15) is 28.8 Å². The van der Waals surface area contributed by atoms with E-state index in [2.05, 4.69) is 25.3 Å². The Labute approximate surface area is 178 Å². The highest BCUT2D eigenvalue weighted by Gasteiger charge is 2.16. The van der Waals surface area contributed by atoms with Crippen LogP contribution in [0.25, 0.3) is 0 Å². The summed E-state index contributed by atoms with van der Waals surface area (Å²) in [6.07, 6.45) is 4.01. The number of carbonyl (C=O) groups is 2. The van der Waals surface area contributed by atoms with Crippen molar-refractivity contribution < 1.29 is 27.8 Å². The molecular weight excluding hydrogens is 410 g/mol. The highest BCUT2D eigenvalue weighted by molar-refractivity contribution is 5.97. The SMILES string of the molecule is COc1cc(C(=O)NCC(=O)NCc2ccnc(N3CCCC3)c2)ccc1OC(F)F. The van der Waals surface area contributed by atoms with Crippen LogP contribution in [-0.4, -0.2) is 50.2 Å². The van der Waals surface area contributed by atoms with Gasteiger partial charge in [0.15, 0.2) is 11.5 Å². The number of benzene rings is 1. The van der Waals surface area contributed by atoms with Gasteiger partial charge < -0.3 is 25.0 Å². The Bertz CT molecular complexity index is 920. The normalized spacial score (nSPS) is 13.2. The summed E-state index contributed by atoms with van der Waals surface area (Å²) in [6.45, 7) is -0.973. The van der Waals surface area contributed by atoms with Gasteiger partial charge in [0.05, 0.1) is 13.7 Å². The molecule has 1 fully saturated rings. The fraction of sp³-hybridized carbons (Fsp3) is 0.381. The minimum absolute atomic E-state index is 0.0103. The fourth-order valence-corrected chi connectivity index (χ4v) is 3.22. The van der Waals surface area contributed by atoms with Gasteiger partial charge in [0.25, 0.3) is 5.91 Å². The van der Waals surface area contributed by atoms with Gasteiger partial charge in [-0.25, -0.2) is 4.98 Å². The number of alkyl halides is 2. The van der Waals surface area contributed by atoms with Gasteiger partial charge >= 0.3 is 6.61 Å². The van der Waals surface area contributed by atoms with E-state index >= 15 is 0 Å². The van der Waals surface area contributed by atoms with Crippen LogP contribution in [0, 0.1) is 0 Å². The van der Waals surface area contributed by atoms with Gasteiger partial charge in [0.1, 0.15) is 5.82 Å². The standard InChI is InChI=1S/C21H24F2N4O4/c1-30-17-11-15(4-5-16(17)31-21(22)23)20(29)26-13-19(28)25-12-14-6-7-24-18(10-14)27-8-2-3-9-27/h4-7,10-11,21H,2-3,8-9,12-13H2,1H3,(H,25,28)(H,26,29). The molecule has 1 saturated heterocycles. The third kappa shape index (κ3) is 6.27. The summed E-state index contributed by atoms with van der Waals surface area (Å²) in [6, 6.07) is 7.56. The Hall–Kier alpha value is -3.43. The summed E-state index contributed by atoms with van der Waals surface area (Å²) < 4.78 is 34.1. The number of rotatable bonds is 9. The van der Waals surface area contributed by atoms with Gasteiger partial charge in [-0.3, -0.25) is 9.59 Å². The molecule has 0 unspecified atom stereocenters. The molecule has 2 heterocycles. The average molecular weight is 434 g/mol. The summed E-state index contributed by atoms with van der Waals surface area (Å²) in [5.74, 6) is -0.207. The van der Waals surface area contributed by atoms with Crippen molar-refractivity contribution in [2.75, 3.05) is 31.6 Å². The Kier molecular flexibility index (Phi) is 7.58. The molecule has 1 aliphatic rings. The predicted octanol–water partition coefficient (Wildman–Crippen LogP) is 2.34. The summed E-state index contributed by atoms with van der Waals surface area (Å²) in [7, 11) is 1.27. The van der Waals surface area contributed by atoms with Crippen molar-refractivity contribution >= 4 is 17.6 Å². The molecular formula is C21H24F2N4O4. The smallest absolute Gasteiger partial charge is 0.387 e. The van der Waals surface area contributed by atoms with Gasteiger partial charge in [0, 0.05) is 31.4 Å². The number of anilines is 1. The monoisotopic (exact) mass is 434 g/mol. The number of aromatic nitrogens is 1. The van der Waals surface area contributed by atoms with Crippen molar-refractivity contribution in [3.8, 4) is 11.5 Å². The maximum atomic E-state index is 12.4. The van der Waals surface area contributed by atoms with Crippen molar-refractivity contribution in [2.24, 2.45) is 0 Å². The maximum absolute atomic E-state index is 12.4. The van der Waals surface area contributed by atoms with E-state index < -0.39 is 12.5 Å². The molecule has 2 aromatic rings. The molecule has 0 saturated carbocycles. The molecule has 1 aliphatic heterocycles. The number of hydrogen-bond donors (Lipinski definition) is 2. The first kappa shape index (κ1) is 22.3. The van der Waals surface area contributed by atoms with Crippen LogP contribution in [0.15, 0.2) is 36.5 Å². The minimum Gasteiger partial charge on any atom is -0.493 e. The molecule has 0 aliphatic carbocycles. The Morgan fingerprint density at radius 3 is 2.61 bits per heavy atom. The number of amides is 2. The van der Waals surface area contributed by atoms with E-state index in [0.29, 0.717) is 6.54 Å². The molecule has 2 amide bonds. The highest BCUT2D eigenvalue weighted by Crippen LogP contribution is 2.29. The third-order valence-corrected chi connectivity index (χ3v) is 4.78. The van der Waals surface area contributed by atoms with E-state index in [9.17, 15) is 18.4 Å². The van der Waals surface area contributed by atoms with Gasteiger partial charge in [-0.05, 0) is 48.7 Å². The van der Waals surface area contributed by atoms with Crippen LogP contribution in [0.4, 0.5) is 14.6 Å². The lowest BCUT2D eigenvalue weighted by molar-refractivity contribution is -0.120. The first-order chi connectivity index (χ1) is 15.0. The molecule has 0 bridgehead atoms. The second-order valence-corrected chi connectivity index (χ2v) is 6.92. The quantitative estimate of drug-likeness (QED) is 0.630. The zero-order valence-electron chi connectivity index (χ0n) is 17.1. The summed E-state index contributed by atoms with van der Waals surface area (Å²) in [4.78, 5) is 31.0. The first-order valence-corrected chi connectivity index (χ1v) is 9.84. The Morgan fingerprint density at radius 2 is 1.90 bits per heavy atom. The topological polar surface area (TPSA) is 92.8 Å². The lowest BCUT2D eigenvalue weighted by Crippen LogP contribution is -2.36. The second-order valence-electron chi connectivity index (χ2n) is 6.92. The Balaban J connectivity index is 1.49. The molecule has 8 nitrogen and oxygen atoms in total. The summed E-state index contributed by atoms with van der Waals surface area (Å²) in [5, 5.41) is 5.24. The molecule has 0 radical (unpaired) electrons. The van der Waals surface area contributed by atoms with Crippen molar-refractivity contribution in [2.45, 2.75) is 26.0 Å². The number of pyridine rings is 1. The van der Waals surface area contributed by atoms with Crippen LogP contribution in [0.5, 0.6) is 11.5 Å². The van der Waals surface area contributed by atoms with Crippen LogP contribution >= 0.6 is 0 Å². The molecule has 3 rings (SSSR count). The molecule has 10 heteroatoms. The van der Waals surface area contributed by atoms with Crippen LogP contribution in [0.2, 0.25) is 0 Å². The number of carbonyl (C=O) groups excluding carboxylic acids is 2. The highest BCUT2D eigenvalue weighted by atomic mass is 19.3. The number of methoxy groups -OCH3 is 1. The molecule has 2 N–H and O–H groups in total. The van der Waals surface area contributed by atoms with Crippen molar-refractivity contribution in [3.63, 3.8) is 0 Å². The van der Waals surface area contributed by atoms with Crippen LogP contribution < -0.4 is 25.0 Å². The van der Waals surface area contributed by atoms with Gasteiger partial charge in [-0.2, -0.15) is 8.78 Å². The van der Waals surface area contributed by atoms with Crippen molar-refractivity contribution in [3.05, 3.63) is 47.7 Å². The molecule has 1 aromatic heterocycles. The largest absolute Gasteiger partial charge is 0.493 e. The molecule has 31 heavy (non-hydrogen) atoms. The second kappa shape index (κ2) is 10.6. The number of halogens is 2. The zero-order chi connectivity index (χ0) is 22.2. The average Bonchev–Trinajstić information content (AvgIpc) is 3.31. The summed E-state index contributed by atoms with van der Waals surface area (Å²) >= 11 is 0. The number of hydrogen-bond acceptors (Lipinski definition) is 6. The zero-order valence-corrected chi connectivity index (χ0v) is 17.1. The fourth-order valence-electron chi connectivity index (χ4n) is 3.22. The van der Waals surface area contributed by atoms with E-state index in [1.165, 1.54) is 25.3 Å². The van der Waals surface area contributed by atoms with Gasteiger partial charge in [-0.1, -0.05) is 0 Å². The number of nitrogens with one attached hydrogen (secondary N) is 2. The Morgan fingerprint density at radius 1 is 1.13 bits per heavy atom. The third-order valence-electron chi connectivity index (χ3n) is 4.78. The van der Waals surface area contributed by atoms with Gasteiger partial charge in [-0.15, -0.1) is 0 Å². The number of ether oxygens (including phenoxy) is 2. The minimum atomic E-state index is -3.01. The lowest BCUT2D eigenvalue weighted by Gasteiger charge is -2.17. The van der Waals surface area contributed by atoms with E-state index in [1.54, 1.807) is 6.20 Å². The van der Waals surface area contributed by atoms with Gasteiger partial charge in [0.2, 0.25) is 5.91 Å². The molecule has 166 valence electrons. The lowest BCUT2D eigenvalue weighted by atomic mass is 10.2. The summed E-state index contributed by atoms with van der Waals surface area (Å²) in [5.41, 5.74) is 1.06. The van der Waals surface area contributed by atoms with Crippen molar-refractivity contribution in [1.29, 1.82) is 0 Å². The van der Waals surface area contributed by atoms with E-state index in [1.807, 2.05) is 12.1 Å². The van der Waals surface area contributed by atoms with E-state index in [4.69, 9.17) is 4.74 Å². The predicted molar refractivity (Wildman–Crippen MR) is 109 cm³/mol. The molecule has 0 atom stereocenters. The van der Waals surface area contributed by atoms with E-state index in [0.717, 1.165) is 37.3 Å².